The number of carbonyl (C=O) groups is 2. The standard InChI is InChI=1S/C41H54FN3O4/c1-6-10-20-40(21-11-7-2)33-16-14-15-30(5)37(33)45(25-26-49-29-46)39(40)32(28-43)38-41(22-12-8-3,23-13-9-4)34-27-31(42)17-18-35(34)44(38)24-19-36(47)48/h14-18,27,29H,6-13,19-26H2,1-5H3/p+1. The van der Waals surface area contributed by atoms with Crippen LogP contribution in [0.2, 0.25) is 0 Å². The van der Waals surface area contributed by atoms with Crippen molar-refractivity contribution in [1.82, 2.24) is 0 Å². The lowest BCUT2D eigenvalue weighted by Crippen LogP contribution is -2.42. The van der Waals surface area contributed by atoms with Crippen molar-refractivity contribution in [2.45, 2.75) is 129 Å². The van der Waals surface area contributed by atoms with E-state index in [1.807, 2.05) is 4.90 Å². The molecule has 0 atom stereocenters. The Kier molecular flexibility index (Phi) is 13.2. The number of unbranched alkanes of at least 4 members (excludes halogenated alkanes) is 4. The molecule has 0 aliphatic carbocycles. The number of carboxylic acids is 1. The lowest BCUT2D eigenvalue weighted by atomic mass is 9.65. The van der Waals surface area contributed by atoms with Crippen molar-refractivity contribution in [2.75, 3.05) is 24.6 Å². The maximum atomic E-state index is 15.3. The summed E-state index contributed by atoms with van der Waals surface area (Å²) < 4.78 is 22.9. The summed E-state index contributed by atoms with van der Waals surface area (Å²) in [6.45, 7) is 11.9. The summed E-state index contributed by atoms with van der Waals surface area (Å²) in [7, 11) is 0. The molecule has 0 bridgehead atoms. The zero-order valence-electron chi connectivity index (χ0n) is 30.2. The molecule has 0 unspecified atom stereocenters. The van der Waals surface area contributed by atoms with Gasteiger partial charge in [0.15, 0.2) is 6.54 Å². The Morgan fingerprint density at radius 3 is 2.12 bits per heavy atom. The number of rotatable bonds is 20. The molecule has 0 saturated carbocycles. The number of anilines is 1. The fraction of sp³-hybridized carbons (Fsp3) is 0.561. The van der Waals surface area contributed by atoms with Crippen LogP contribution in [0.1, 0.15) is 128 Å². The maximum absolute atomic E-state index is 15.3. The summed E-state index contributed by atoms with van der Waals surface area (Å²) >= 11 is 0. The van der Waals surface area contributed by atoms with E-state index in [2.05, 4.69) is 63.5 Å². The summed E-state index contributed by atoms with van der Waals surface area (Å²) in [5.74, 6) is -1.26. The zero-order valence-corrected chi connectivity index (χ0v) is 30.2. The van der Waals surface area contributed by atoms with Crippen LogP contribution in [0.5, 0.6) is 0 Å². The molecule has 0 amide bonds. The van der Waals surface area contributed by atoms with E-state index in [1.165, 1.54) is 11.6 Å². The first-order valence-corrected chi connectivity index (χ1v) is 18.5. The van der Waals surface area contributed by atoms with Gasteiger partial charge in [-0.05, 0) is 56.4 Å². The molecule has 0 fully saturated rings. The third kappa shape index (κ3) is 7.32. The van der Waals surface area contributed by atoms with E-state index >= 15 is 4.39 Å². The van der Waals surface area contributed by atoms with Crippen molar-refractivity contribution in [1.29, 1.82) is 5.26 Å². The van der Waals surface area contributed by atoms with Crippen molar-refractivity contribution in [2.24, 2.45) is 0 Å². The van der Waals surface area contributed by atoms with E-state index in [0.717, 1.165) is 98.1 Å². The predicted molar refractivity (Wildman–Crippen MR) is 193 cm³/mol. The number of hydrogen-bond acceptors (Lipinski definition) is 5. The monoisotopic (exact) mass is 672 g/mol. The normalized spacial score (nSPS) is 16.7. The molecule has 2 aromatic carbocycles. The van der Waals surface area contributed by atoms with Gasteiger partial charge in [-0.2, -0.15) is 9.84 Å². The Bertz CT molecular complexity index is 1590. The molecule has 0 radical (unpaired) electrons. The second-order valence-electron chi connectivity index (χ2n) is 13.8. The molecule has 0 saturated heterocycles. The molecule has 0 aromatic heterocycles. The van der Waals surface area contributed by atoms with Gasteiger partial charge in [-0.1, -0.05) is 97.3 Å². The highest BCUT2D eigenvalue weighted by Crippen LogP contribution is 2.57. The minimum Gasteiger partial charge on any atom is -0.481 e. The number of ether oxygens (including phenoxy) is 1. The average molecular weight is 673 g/mol. The predicted octanol–water partition coefficient (Wildman–Crippen LogP) is 9.41. The lowest BCUT2D eigenvalue weighted by Gasteiger charge is -2.36. The second-order valence-corrected chi connectivity index (χ2v) is 13.8. The van der Waals surface area contributed by atoms with Gasteiger partial charge in [0.05, 0.1) is 17.5 Å². The fourth-order valence-corrected chi connectivity index (χ4v) is 8.53. The number of hydrogen-bond donors (Lipinski definition) is 1. The summed E-state index contributed by atoms with van der Waals surface area (Å²) in [5, 5.41) is 21.6. The molecular formula is C41H55FN3O4+. The SMILES string of the molecule is CCCCC1(CCCC)C(/C(C#N)=C2/N(CCC(=O)O)c3ccc(F)cc3C2(CCCC)CCCC)=[N+](CCOC=O)c2c(C)cccc21. The number of aliphatic carboxylic acids is 1. The molecule has 2 aromatic rings. The first-order chi connectivity index (χ1) is 23.7. The van der Waals surface area contributed by atoms with Gasteiger partial charge in [-0.3, -0.25) is 9.59 Å². The van der Waals surface area contributed by atoms with Gasteiger partial charge >= 0.3 is 5.97 Å². The van der Waals surface area contributed by atoms with Gasteiger partial charge < -0.3 is 14.7 Å². The molecule has 2 heterocycles. The van der Waals surface area contributed by atoms with Crippen molar-refractivity contribution < 1.29 is 28.4 Å². The fourth-order valence-electron chi connectivity index (χ4n) is 8.53. The third-order valence-corrected chi connectivity index (χ3v) is 10.7. The quantitative estimate of drug-likeness (QED) is 0.0652. The number of benzene rings is 2. The van der Waals surface area contributed by atoms with Gasteiger partial charge in [-0.15, -0.1) is 0 Å². The molecule has 8 heteroatoms. The highest BCUT2D eigenvalue weighted by Gasteiger charge is 2.57. The number of halogens is 1. The van der Waals surface area contributed by atoms with Crippen LogP contribution in [0.4, 0.5) is 15.8 Å². The Balaban J connectivity index is 2.24. The van der Waals surface area contributed by atoms with Gasteiger partial charge in [-0.25, -0.2) is 4.39 Å². The zero-order chi connectivity index (χ0) is 35.6. The summed E-state index contributed by atoms with van der Waals surface area (Å²) in [4.78, 5) is 25.6. The topological polar surface area (TPSA) is 93.6 Å². The molecule has 4 rings (SSSR count). The van der Waals surface area contributed by atoms with Gasteiger partial charge in [0.25, 0.3) is 6.47 Å². The molecule has 49 heavy (non-hydrogen) atoms. The number of carbonyl (C=O) groups excluding carboxylic acids is 1. The lowest BCUT2D eigenvalue weighted by molar-refractivity contribution is -0.441. The van der Waals surface area contributed by atoms with Gasteiger partial charge in [0.1, 0.15) is 24.1 Å². The van der Waals surface area contributed by atoms with E-state index in [9.17, 15) is 20.0 Å². The Labute approximate surface area is 292 Å². The van der Waals surface area contributed by atoms with Crippen LogP contribution < -0.4 is 4.90 Å². The van der Waals surface area contributed by atoms with Gasteiger partial charge in [0.2, 0.25) is 11.4 Å². The van der Waals surface area contributed by atoms with E-state index in [0.29, 0.717) is 31.4 Å². The summed E-state index contributed by atoms with van der Waals surface area (Å²) in [6.07, 6.45) is 10.5. The number of nitriles is 1. The Morgan fingerprint density at radius 2 is 1.57 bits per heavy atom. The van der Waals surface area contributed by atoms with Crippen molar-refractivity contribution in [3.8, 4) is 6.07 Å². The number of allylic oxidation sites excluding steroid dienone is 2. The van der Waals surface area contributed by atoms with Crippen LogP contribution in [0.25, 0.3) is 0 Å². The second kappa shape index (κ2) is 17.1. The van der Waals surface area contributed by atoms with Crippen LogP contribution in [-0.4, -0.2) is 47.5 Å². The Morgan fingerprint density at radius 1 is 0.959 bits per heavy atom. The van der Waals surface area contributed by atoms with Crippen LogP contribution in [0.15, 0.2) is 47.7 Å². The van der Waals surface area contributed by atoms with Crippen molar-refractivity contribution in [3.63, 3.8) is 0 Å². The summed E-state index contributed by atoms with van der Waals surface area (Å²) in [5.41, 5.74) is 6.04. The third-order valence-electron chi connectivity index (χ3n) is 10.7. The van der Waals surface area contributed by atoms with Crippen LogP contribution >= 0.6 is 0 Å². The van der Waals surface area contributed by atoms with E-state index < -0.39 is 16.8 Å². The molecule has 2 aliphatic heterocycles. The molecular weight excluding hydrogens is 617 g/mol. The van der Waals surface area contributed by atoms with Gasteiger partial charge in [0, 0.05) is 28.8 Å². The van der Waals surface area contributed by atoms with E-state index in [1.54, 1.807) is 12.1 Å². The molecule has 264 valence electrons. The van der Waals surface area contributed by atoms with E-state index in [4.69, 9.17) is 4.74 Å². The molecule has 1 N–H and O–H groups in total. The maximum Gasteiger partial charge on any atom is 0.305 e. The number of carboxylic acid groups (broad SMARTS) is 1. The van der Waals surface area contributed by atoms with Crippen molar-refractivity contribution in [3.05, 3.63) is 70.2 Å². The first-order valence-electron chi connectivity index (χ1n) is 18.5. The van der Waals surface area contributed by atoms with E-state index in [-0.39, 0.29) is 25.4 Å². The van der Waals surface area contributed by atoms with Crippen LogP contribution in [0, 0.1) is 24.1 Å². The smallest absolute Gasteiger partial charge is 0.305 e. The van der Waals surface area contributed by atoms with Crippen LogP contribution in [0.3, 0.4) is 0 Å². The number of para-hydroxylation sites is 1. The van der Waals surface area contributed by atoms with Crippen LogP contribution in [-0.2, 0) is 25.2 Å². The molecule has 2 aliphatic rings. The molecule has 0 spiro atoms. The number of nitrogens with zero attached hydrogens (tertiary/aromatic N) is 3. The first kappa shape index (κ1) is 37.8. The number of aryl methyl sites for hydroxylation is 1. The van der Waals surface area contributed by atoms with Crippen molar-refractivity contribution >= 4 is 29.5 Å². The highest BCUT2D eigenvalue weighted by atomic mass is 19.1. The number of fused-ring (bicyclic) bond motifs is 2. The molecule has 7 nitrogen and oxygen atoms in total. The minimum atomic E-state index is -0.925. The summed E-state index contributed by atoms with van der Waals surface area (Å²) in [6, 6.07) is 14.0. The largest absolute Gasteiger partial charge is 0.481 e. The minimum absolute atomic E-state index is 0.126. The Hall–Kier alpha value is -3.99. The average Bonchev–Trinajstić information content (AvgIpc) is 3.51. The highest BCUT2D eigenvalue weighted by molar-refractivity contribution is 6.12.